The smallest absolute Gasteiger partial charge is 0.325 e. The van der Waals surface area contributed by atoms with Crippen molar-refractivity contribution in [2.24, 2.45) is 0 Å². The highest BCUT2D eigenvalue weighted by atomic mass is 79.9. The Balaban J connectivity index is 1.74. The third-order valence-corrected chi connectivity index (χ3v) is 4.00. The molecule has 0 saturated heterocycles. The van der Waals surface area contributed by atoms with Crippen LogP contribution >= 0.6 is 27.3 Å². The predicted molar refractivity (Wildman–Crippen MR) is 80.6 cm³/mol. The van der Waals surface area contributed by atoms with Gasteiger partial charge < -0.3 is 10.1 Å². The Morgan fingerprint density at radius 1 is 1.25 bits per heavy atom. The van der Waals surface area contributed by atoms with Gasteiger partial charge in [-0.15, -0.1) is 11.3 Å². The van der Waals surface area contributed by atoms with Crippen molar-refractivity contribution in [1.82, 2.24) is 5.32 Å². The molecule has 1 N–H and O–H groups in total. The molecule has 0 fully saturated rings. The Morgan fingerprint density at radius 2 is 2.00 bits per heavy atom. The van der Waals surface area contributed by atoms with Crippen LogP contribution in [0.15, 0.2) is 45.6 Å². The zero-order valence-corrected chi connectivity index (χ0v) is 12.9. The molecule has 20 heavy (non-hydrogen) atoms. The zero-order valence-electron chi connectivity index (χ0n) is 10.5. The van der Waals surface area contributed by atoms with Crippen molar-refractivity contribution < 1.29 is 14.3 Å². The lowest BCUT2D eigenvalue weighted by Crippen LogP contribution is -2.30. The first-order valence-corrected chi connectivity index (χ1v) is 7.54. The summed E-state index contributed by atoms with van der Waals surface area (Å²) in [7, 11) is 0. The van der Waals surface area contributed by atoms with Crippen LogP contribution in [-0.4, -0.2) is 18.4 Å². The molecular formula is C14H12BrNO3S. The van der Waals surface area contributed by atoms with Crippen molar-refractivity contribution >= 4 is 39.1 Å². The Morgan fingerprint density at radius 3 is 2.65 bits per heavy atom. The molecule has 1 amide bonds. The van der Waals surface area contributed by atoms with Gasteiger partial charge in [0.15, 0.2) is 0 Å². The maximum absolute atomic E-state index is 11.7. The molecule has 1 aromatic carbocycles. The van der Waals surface area contributed by atoms with E-state index >= 15 is 0 Å². The molecule has 0 atom stereocenters. The SMILES string of the molecule is O=C(CNC(=O)c1ccccc1)OCc1csc(Br)c1. The highest BCUT2D eigenvalue weighted by Gasteiger charge is 2.08. The number of esters is 1. The van der Waals surface area contributed by atoms with Crippen LogP contribution in [0, 0.1) is 0 Å². The van der Waals surface area contributed by atoms with Crippen LogP contribution in [0.5, 0.6) is 0 Å². The van der Waals surface area contributed by atoms with Crippen molar-refractivity contribution in [3.05, 3.63) is 56.7 Å². The molecule has 1 aromatic heterocycles. The molecule has 0 aliphatic heterocycles. The molecule has 1 heterocycles. The van der Waals surface area contributed by atoms with Crippen LogP contribution in [-0.2, 0) is 16.1 Å². The number of nitrogens with one attached hydrogen (secondary N) is 1. The van der Waals surface area contributed by atoms with Gasteiger partial charge in [0.1, 0.15) is 13.2 Å². The van der Waals surface area contributed by atoms with Gasteiger partial charge in [-0.25, -0.2) is 0 Å². The number of halogens is 1. The minimum Gasteiger partial charge on any atom is -0.459 e. The molecule has 2 rings (SSSR count). The van der Waals surface area contributed by atoms with E-state index in [0.717, 1.165) is 9.35 Å². The normalized spacial score (nSPS) is 10.1. The number of carbonyl (C=O) groups excluding carboxylic acids is 2. The molecule has 4 nitrogen and oxygen atoms in total. The summed E-state index contributed by atoms with van der Waals surface area (Å²) in [4.78, 5) is 23.2. The number of benzene rings is 1. The Hall–Kier alpha value is -1.66. The van der Waals surface area contributed by atoms with Crippen LogP contribution in [0.3, 0.4) is 0 Å². The first kappa shape index (κ1) is 14.7. The van der Waals surface area contributed by atoms with Gasteiger partial charge in [0.2, 0.25) is 0 Å². The van der Waals surface area contributed by atoms with E-state index in [4.69, 9.17) is 4.74 Å². The molecule has 0 unspecified atom stereocenters. The lowest BCUT2D eigenvalue weighted by Gasteiger charge is -2.05. The summed E-state index contributed by atoms with van der Waals surface area (Å²) in [6.45, 7) is 0.0706. The number of rotatable bonds is 5. The van der Waals surface area contributed by atoms with Gasteiger partial charge in [-0.2, -0.15) is 0 Å². The van der Waals surface area contributed by atoms with E-state index in [1.165, 1.54) is 11.3 Å². The molecule has 0 aliphatic rings. The summed E-state index contributed by atoms with van der Waals surface area (Å²) < 4.78 is 6.05. The van der Waals surface area contributed by atoms with Gasteiger partial charge in [-0.1, -0.05) is 18.2 Å². The fraction of sp³-hybridized carbons (Fsp3) is 0.143. The van der Waals surface area contributed by atoms with E-state index in [1.54, 1.807) is 24.3 Å². The molecule has 0 radical (unpaired) electrons. The Bertz CT molecular complexity index is 597. The van der Waals surface area contributed by atoms with Crippen LogP contribution in [0.4, 0.5) is 0 Å². The fourth-order valence-electron chi connectivity index (χ4n) is 1.48. The van der Waals surface area contributed by atoms with Gasteiger partial charge in [-0.3, -0.25) is 9.59 Å². The first-order valence-electron chi connectivity index (χ1n) is 5.87. The maximum atomic E-state index is 11.7. The highest BCUT2D eigenvalue weighted by molar-refractivity contribution is 9.11. The summed E-state index contributed by atoms with van der Waals surface area (Å²) in [5.41, 5.74) is 1.44. The van der Waals surface area contributed by atoms with Crippen molar-refractivity contribution in [1.29, 1.82) is 0 Å². The number of thiophene rings is 1. The van der Waals surface area contributed by atoms with E-state index in [0.29, 0.717) is 5.56 Å². The van der Waals surface area contributed by atoms with Gasteiger partial charge in [-0.05, 0) is 39.5 Å². The van der Waals surface area contributed by atoms with Gasteiger partial charge >= 0.3 is 5.97 Å². The molecule has 0 aliphatic carbocycles. The predicted octanol–water partition coefficient (Wildman–Crippen LogP) is 2.98. The zero-order chi connectivity index (χ0) is 14.4. The summed E-state index contributed by atoms with van der Waals surface area (Å²) in [6.07, 6.45) is 0. The van der Waals surface area contributed by atoms with Crippen LogP contribution < -0.4 is 5.32 Å². The third-order valence-electron chi connectivity index (χ3n) is 2.45. The van der Waals surface area contributed by atoms with Gasteiger partial charge in [0, 0.05) is 11.1 Å². The minimum absolute atomic E-state index is 0.140. The molecule has 0 bridgehead atoms. The number of hydrogen-bond acceptors (Lipinski definition) is 4. The van der Waals surface area contributed by atoms with Crippen LogP contribution in [0.25, 0.3) is 0 Å². The molecule has 0 spiro atoms. The highest BCUT2D eigenvalue weighted by Crippen LogP contribution is 2.21. The average molecular weight is 354 g/mol. The second-order valence-electron chi connectivity index (χ2n) is 3.97. The number of amides is 1. The summed E-state index contributed by atoms with van der Waals surface area (Å²) in [6, 6.07) is 10.6. The van der Waals surface area contributed by atoms with E-state index in [-0.39, 0.29) is 19.1 Å². The van der Waals surface area contributed by atoms with E-state index in [9.17, 15) is 9.59 Å². The van der Waals surface area contributed by atoms with Crippen molar-refractivity contribution in [2.75, 3.05) is 6.54 Å². The van der Waals surface area contributed by atoms with Crippen LogP contribution in [0.2, 0.25) is 0 Å². The van der Waals surface area contributed by atoms with Crippen molar-refractivity contribution in [3.63, 3.8) is 0 Å². The summed E-state index contributed by atoms with van der Waals surface area (Å²) >= 11 is 4.86. The molecule has 0 saturated carbocycles. The number of carbonyl (C=O) groups is 2. The average Bonchev–Trinajstić information content (AvgIpc) is 2.89. The van der Waals surface area contributed by atoms with E-state index in [1.807, 2.05) is 17.5 Å². The first-order chi connectivity index (χ1) is 9.65. The second-order valence-corrected chi connectivity index (χ2v) is 6.26. The topological polar surface area (TPSA) is 55.4 Å². The second kappa shape index (κ2) is 7.21. The molecule has 104 valence electrons. The van der Waals surface area contributed by atoms with Gasteiger partial charge in [0.05, 0.1) is 3.79 Å². The van der Waals surface area contributed by atoms with Gasteiger partial charge in [0.25, 0.3) is 5.91 Å². The number of ether oxygens (including phenoxy) is 1. The fourth-order valence-corrected chi connectivity index (χ4v) is 2.67. The summed E-state index contributed by atoms with van der Waals surface area (Å²) in [5, 5.41) is 4.42. The van der Waals surface area contributed by atoms with E-state index in [2.05, 4.69) is 21.2 Å². The maximum Gasteiger partial charge on any atom is 0.325 e. The van der Waals surface area contributed by atoms with Crippen molar-refractivity contribution in [2.45, 2.75) is 6.61 Å². The minimum atomic E-state index is -0.461. The quantitative estimate of drug-likeness (QED) is 0.840. The lowest BCUT2D eigenvalue weighted by molar-refractivity contribution is -0.143. The monoisotopic (exact) mass is 353 g/mol. The van der Waals surface area contributed by atoms with Crippen LogP contribution in [0.1, 0.15) is 15.9 Å². The Labute approximate surface area is 128 Å². The Kier molecular flexibility index (Phi) is 5.31. The third kappa shape index (κ3) is 4.47. The summed E-state index contributed by atoms with van der Waals surface area (Å²) in [5.74, 6) is -0.752. The van der Waals surface area contributed by atoms with E-state index < -0.39 is 5.97 Å². The molecule has 2 aromatic rings. The molecular weight excluding hydrogens is 342 g/mol. The molecule has 6 heteroatoms. The lowest BCUT2D eigenvalue weighted by atomic mass is 10.2. The largest absolute Gasteiger partial charge is 0.459 e. The number of hydrogen-bond donors (Lipinski definition) is 1. The standard InChI is InChI=1S/C14H12BrNO3S/c15-12-6-10(9-20-12)8-19-13(17)7-16-14(18)11-4-2-1-3-5-11/h1-6,9H,7-8H2,(H,16,18). The van der Waals surface area contributed by atoms with Crippen molar-refractivity contribution in [3.8, 4) is 0 Å².